The number of rotatable bonds is 4. The molecule has 156 valence electrons. The first kappa shape index (κ1) is 21.0. The van der Waals surface area contributed by atoms with Gasteiger partial charge in [-0.25, -0.2) is 8.42 Å². The summed E-state index contributed by atoms with van der Waals surface area (Å²) < 4.78 is 31.7. The molecule has 6 nitrogen and oxygen atoms in total. The number of furan rings is 1. The molecule has 4 rings (SSSR count). The van der Waals surface area contributed by atoms with E-state index in [4.69, 9.17) is 16.0 Å². The largest absolute Gasteiger partial charge is 0.439 e. The van der Waals surface area contributed by atoms with Crippen LogP contribution in [0.1, 0.15) is 10.6 Å². The van der Waals surface area contributed by atoms with E-state index in [9.17, 15) is 13.2 Å². The smallest absolute Gasteiger partial charge is 0.289 e. The number of nitrogens with zero attached hydrogens (tertiary/aromatic N) is 2. The molecule has 0 spiro atoms. The van der Waals surface area contributed by atoms with E-state index in [-0.39, 0.29) is 21.7 Å². The lowest BCUT2D eigenvalue weighted by molar-refractivity contribution is 0.0709. The highest BCUT2D eigenvalue weighted by Crippen LogP contribution is 2.26. The Hall–Kier alpha value is -2.29. The Balaban J connectivity index is 1.45. The molecule has 1 amide bonds. The molecule has 0 radical (unpaired) electrons. The van der Waals surface area contributed by atoms with Gasteiger partial charge in [-0.3, -0.25) is 4.79 Å². The van der Waals surface area contributed by atoms with Crippen LogP contribution in [-0.4, -0.2) is 45.4 Å². The molecule has 1 aromatic heterocycles. The number of benzene rings is 2. The zero-order chi connectivity index (χ0) is 21.3. The maximum atomic E-state index is 12.8. The molecule has 1 aliphatic heterocycles. The maximum Gasteiger partial charge on any atom is 0.289 e. The highest BCUT2D eigenvalue weighted by molar-refractivity contribution is 9.10. The van der Waals surface area contributed by atoms with Gasteiger partial charge in [0.05, 0.1) is 4.90 Å². The summed E-state index contributed by atoms with van der Waals surface area (Å²) in [6, 6.07) is 16.6. The molecular weight excluding hydrogens is 492 g/mol. The molecular formula is C21H18BrClN2O4S. The van der Waals surface area contributed by atoms with Crippen LogP contribution in [0.25, 0.3) is 0 Å². The summed E-state index contributed by atoms with van der Waals surface area (Å²) in [6.45, 7) is 2.30. The number of hydrogen-bond acceptors (Lipinski definition) is 5. The van der Waals surface area contributed by atoms with E-state index in [1.807, 2.05) is 24.3 Å². The number of piperazine rings is 1. The van der Waals surface area contributed by atoms with Gasteiger partial charge in [-0.2, -0.15) is 0 Å². The summed E-state index contributed by atoms with van der Waals surface area (Å²) in [5, 5.41) is 0.423. The molecule has 0 bridgehead atoms. The first-order valence-corrected chi connectivity index (χ1v) is 11.9. The second kappa shape index (κ2) is 8.45. The van der Waals surface area contributed by atoms with E-state index in [0.717, 1.165) is 10.2 Å². The summed E-state index contributed by atoms with van der Waals surface area (Å²) in [5.74, 6) is -0.306. The van der Waals surface area contributed by atoms with E-state index in [0.29, 0.717) is 31.2 Å². The average Bonchev–Trinajstić information content (AvgIpc) is 3.25. The third-order valence-electron chi connectivity index (χ3n) is 4.92. The van der Waals surface area contributed by atoms with Gasteiger partial charge < -0.3 is 14.2 Å². The molecule has 1 saturated heterocycles. The third-order valence-corrected chi connectivity index (χ3v) is 7.33. The number of amides is 1. The first-order chi connectivity index (χ1) is 14.3. The van der Waals surface area contributed by atoms with Crippen molar-refractivity contribution in [1.29, 1.82) is 0 Å². The normalized spacial score (nSPS) is 14.7. The standard InChI is InChI=1S/C21H18BrClN2O4S/c22-15-4-6-18(7-5-15)30(27,28)20-9-8-19(29-20)21(26)25-12-10-24(11-13-25)17-3-1-2-16(23)14-17/h1-9,14H,10-13H2. The lowest BCUT2D eigenvalue weighted by atomic mass is 10.2. The molecule has 9 heteroatoms. The molecule has 0 atom stereocenters. The van der Waals surface area contributed by atoms with Crippen LogP contribution < -0.4 is 4.90 Å². The molecule has 2 heterocycles. The van der Waals surface area contributed by atoms with Gasteiger partial charge in [0.2, 0.25) is 14.9 Å². The minimum Gasteiger partial charge on any atom is -0.439 e. The van der Waals surface area contributed by atoms with Crippen molar-refractivity contribution in [3.05, 3.63) is 75.9 Å². The van der Waals surface area contributed by atoms with E-state index < -0.39 is 9.84 Å². The minimum absolute atomic E-state index is 0.0156. The SMILES string of the molecule is O=C(c1ccc(S(=O)(=O)c2ccc(Br)cc2)o1)N1CCN(c2cccc(Cl)c2)CC1. The van der Waals surface area contributed by atoms with Crippen LogP contribution in [0.15, 0.2) is 79.5 Å². The van der Waals surface area contributed by atoms with Crippen molar-refractivity contribution >= 4 is 49.0 Å². The molecule has 2 aromatic carbocycles. The van der Waals surface area contributed by atoms with Crippen LogP contribution in [0.3, 0.4) is 0 Å². The van der Waals surface area contributed by atoms with Gasteiger partial charge in [0.15, 0.2) is 5.76 Å². The number of hydrogen-bond donors (Lipinski definition) is 0. The minimum atomic E-state index is -3.83. The second-order valence-electron chi connectivity index (χ2n) is 6.84. The summed E-state index contributed by atoms with van der Waals surface area (Å²) in [5.41, 5.74) is 1.01. The molecule has 30 heavy (non-hydrogen) atoms. The van der Waals surface area contributed by atoms with Gasteiger partial charge >= 0.3 is 0 Å². The van der Waals surface area contributed by atoms with E-state index in [1.54, 1.807) is 17.0 Å². The topological polar surface area (TPSA) is 70.8 Å². The Morgan fingerprint density at radius 3 is 2.33 bits per heavy atom. The van der Waals surface area contributed by atoms with Crippen molar-refractivity contribution in [2.24, 2.45) is 0 Å². The van der Waals surface area contributed by atoms with E-state index in [2.05, 4.69) is 20.8 Å². The van der Waals surface area contributed by atoms with Crippen molar-refractivity contribution in [3.8, 4) is 0 Å². The molecule has 0 N–H and O–H groups in total. The monoisotopic (exact) mass is 508 g/mol. The van der Waals surface area contributed by atoms with Crippen LogP contribution >= 0.6 is 27.5 Å². The summed E-state index contributed by atoms with van der Waals surface area (Å²) in [7, 11) is -3.83. The van der Waals surface area contributed by atoms with Gasteiger partial charge in [-0.05, 0) is 54.6 Å². The lowest BCUT2D eigenvalue weighted by Gasteiger charge is -2.35. The van der Waals surface area contributed by atoms with Crippen molar-refractivity contribution in [2.45, 2.75) is 9.99 Å². The predicted octanol–water partition coefficient (Wildman–Crippen LogP) is 4.49. The highest BCUT2D eigenvalue weighted by atomic mass is 79.9. The van der Waals surface area contributed by atoms with Gasteiger partial charge in [0, 0.05) is 41.4 Å². The molecule has 0 saturated carbocycles. The molecule has 0 unspecified atom stereocenters. The Morgan fingerprint density at radius 2 is 1.67 bits per heavy atom. The Labute approximate surface area is 188 Å². The van der Waals surface area contributed by atoms with Crippen LogP contribution in [0, 0.1) is 0 Å². The Morgan fingerprint density at radius 1 is 0.967 bits per heavy atom. The fourth-order valence-corrected chi connectivity index (χ4v) is 4.93. The number of anilines is 1. The zero-order valence-corrected chi connectivity index (χ0v) is 19.0. The van der Waals surface area contributed by atoms with E-state index >= 15 is 0 Å². The second-order valence-corrected chi connectivity index (χ2v) is 10.1. The van der Waals surface area contributed by atoms with E-state index in [1.165, 1.54) is 24.3 Å². The third kappa shape index (κ3) is 4.26. The number of sulfone groups is 1. The lowest BCUT2D eigenvalue weighted by Crippen LogP contribution is -2.48. The quantitative estimate of drug-likeness (QED) is 0.518. The van der Waals surface area contributed by atoms with Gasteiger partial charge in [-0.1, -0.05) is 33.6 Å². The number of carbonyl (C=O) groups is 1. The van der Waals surface area contributed by atoms with Crippen molar-refractivity contribution in [1.82, 2.24) is 4.90 Å². The summed E-state index contributed by atoms with van der Waals surface area (Å²) in [4.78, 5) is 16.7. The van der Waals surface area contributed by atoms with Crippen molar-refractivity contribution < 1.29 is 17.6 Å². The Bertz CT molecular complexity index is 1170. The molecule has 3 aromatic rings. The molecule has 1 fully saturated rings. The summed E-state index contributed by atoms with van der Waals surface area (Å²) in [6.07, 6.45) is 0. The maximum absolute atomic E-state index is 12.8. The number of carbonyl (C=O) groups excluding carboxylic acids is 1. The van der Waals surface area contributed by atoms with Crippen molar-refractivity contribution in [3.63, 3.8) is 0 Å². The van der Waals surface area contributed by atoms with Gasteiger partial charge in [0.25, 0.3) is 5.91 Å². The fraction of sp³-hybridized carbons (Fsp3) is 0.190. The van der Waals surface area contributed by atoms with Gasteiger partial charge in [-0.15, -0.1) is 0 Å². The molecule has 1 aliphatic rings. The van der Waals surface area contributed by atoms with Crippen LogP contribution in [0.2, 0.25) is 5.02 Å². The average molecular weight is 510 g/mol. The predicted molar refractivity (Wildman–Crippen MR) is 118 cm³/mol. The van der Waals surface area contributed by atoms with Crippen LogP contribution in [0.5, 0.6) is 0 Å². The Kier molecular flexibility index (Phi) is 5.90. The zero-order valence-electron chi connectivity index (χ0n) is 15.8. The van der Waals surface area contributed by atoms with Crippen LogP contribution in [-0.2, 0) is 9.84 Å². The van der Waals surface area contributed by atoms with Crippen molar-refractivity contribution in [2.75, 3.05) is 31.1 Å². The summed E-state index contributed by atoms with van der Waals surface area (Å²) >= 11 is 9.34. The number of halogens is 2. The first-order valence-electron chi connectivity index (χ1n) is 9.25. The highest BCUT2D eigenvalue weighted by Gasteiger charge is 2.27. The van der Waals surface area contributed by atoms with Gasteiger partial charge in [0.1, 0.15) is 0 Å². The molecule has 0 aliphatic carbocycles. The van der Waals surface area contributed by atoms with Crippen LogP contribution in [0.4, 0.5) is 5.69 Å². The fourth-order valence-electron chi connectivity index (χ4n) is 3.31.